The average Bonchev–Trinajstić information content (AvgIpc) is 3.76. The predicted molar refractivity (Wildman–Crippen MR) is 172 cm³/mol. The number of hydrogen-bond donors (Lipinski definition) is 2. The van der Waals surface area contributed by atoms with Gasteiger partial charge in [-0.15, -0.1) is 22.7 Å². The first kappa shape index (κ1) is 31.6. The van der Waals surface area contributed by atoms with Gasteiger partial charge in [-0.25, -0.2) is 9.59 Å². The van der Waals surface area contributed by atoms with Crippen LogP contribution < -0.4 is 10.6 Å². The normalized spacial score (nSPS) is 15.3. The molecule has 2 aromatic carbocycles. The van der Waals surface area contributed by atoms with E-state index in [0.29, 0.717) is 25.9 Å². The van der Waals surface area contributed by atoms with Crippen LogP contribution in [0.25, 0.3) is 0 Å². The summed E-state index contributed by atoms with van der Waals surface area (Å²) in [6, 6.07) is 20.2. The lowest BCUT2D eigenvalue weighted by molar-refractivity contribution is 0.102. The lowest BCUT2D eigenvalue weighted by Gasteiger charge is -2.38. The topological polar surface area (TPSA) is 109 Å². The highest BCUT2D eigenvalue weighted by Crippen LogP contribution is 2.12. The van der Waals surface area contributed by atoms with Gasteiger partial charge < -0.3 is 20.1 Å². The molecule has 12 heteroatoms. The van der Waals surface area contributed by atoms with Crippen molar-refractivity contribution in [1.82, 2.24) is 30.4 Å². The van der Waals surface area contributed by atoms with Crippen molar-refractivity contribution in [1.29, 1.82) is 0 Å². The molecule has 0 spiro atoms. The van der Waals surface area contributed by atoms with E-state index in [4.69, 9.17) is 9.47 Å². The first-order valence-electron chi connectivity index (χ1n) is 14.7. The third-order valence-electron chi connectivity index (χ3n) is 7.37. The number of carbonyl (C=O) groups excluding carboxylic acids is 2. The molecule has 4 aromatic rings. The number of benzene rings is 2. The Morgan fingerprint density at radius 3 is 1.45 bits per heavy atom. The number of ether oxygens (including phenoxy) is 2. The highest BCUT2D eigenvalue weighted by molar-refractivity contribution is 7.09. The van der Waals surface area contributed by atoms with Crippen molar-refractivity contribution in [3.05, 3.63) is 105 Å². The quantitative estimate of drug-likeness (QED) is 0.207. The van der Waals surface area contributed by atoms with Crippen molar-refractivity contribution in [2.45, 2.75) is 38.1 Å². The van der Waals surface area contributed by atoms with Crippen LogP contribution in [0.5, 0.6) is 0 Å². The highest BCUT2D eigenvalue weighted by Gasteiger charge is 2.25. The summed E-state index contributed by atoms with van der Waals surface area (Å²) in [4.78, 5) is 40.0. The van der Waals surface area contributed by atoms with E-state index in [1.54, 1.807) is 23.4 Å². The zero-order valence-corrected chi connectivity index (χ0v) is 26.2. The minimum absolute atomic E-state index is 0.0984. The molecule has 0 saturated carbocycles. The van der Waals surface area contributed by atoms with Gasteiger partial charge in [0.2, 0.25) is 0 Å². The van der Waals surface area contributed by atoms with E-state index in [1.807, 2.05) is 36.4 Å². The molecular formula is C32H38N6O4S2. The van der Waals surface area contributed by atoms with Crippen LogP contribution >= 0.6 is 22.7 Å². The van der Waals surface area contributed by atoms with Gasteiger partial charge in [-0.3, -0.25) is 19.8 Å². The molecular weight excluding hydrogens is 597 g/mol. The van der Waals surface area contributed by atoms with E-state index in [1.165, 1.54) is 22.7 Å². The van der Waals surface area contributed by atoms with Crippen LogP contribution in [0, 0.1) is 0 Å². The summed E-state index contributed by atoms with van der Waals surface area (Å²) in [7, 11) is 0. The molecule has 1 saturated heterocycles. The summed E-state index contributed by atoms with van der Waals surface area (Å²) in [6.45, 7) is 5.29. The van der Waals surface area contributed by atoms with Crippen molar-refractivity contribution >= 4 is 34.9 Å². The lowest BCUT2D eigenvalue weighted by Crippen LogP contribution is -2.54. The summed E-state index contributed by atoms with van der Waals surface area (Å²) < 4.78 is 10.9. The standard InChI is InChI=1S/C32H38N6O4S2/c39-31(41-21-29-17-33-23-43-29)35-27(15-25-7-3-1-4-8-25)19-37-11-13-38(14-12-37)20-28(16-26-9-5-2-6-10-26)36-32(40)42-22-30-18-34-24-44-30/h1-10,17-18,23-24,27-28H,11-16,19-22H2,(H,35,39)(H,36,40). The molecule has 232 valence electrons. The third-order valence-corrected chi connectivity index (χ3v) is 8.88. The lowest BCUT2D eigenvalue weighted by atomic mass is 10.0. The van der Waals surface area contributed by atoms with Gasteiger partial charge >= 0.3 is 12.2 Å². The molecule has 1 fully saturated rings. The van der Waals surface area contributed by atoms with Gasteiger partial charge in [0.05, 0.1) is 20.8 Å². The molecule has 0 radical (unpaired) electrons. The number of piperazine rings is 1. The molecule has 0 aliphatic carbocycles. The van der Waals surface area contributed by atoms with Gasteiger partial charge in [0.15, 0.2) is 0 Å². The van der Waals surface area contributed by atoms with E-state index in [9.17, 15) is 9.59 Å². The van der Waals surface area contributed by atoms with Gasteiger partial charge in [0.25, 0.3) is 0 Å². The Morgan fingerprint density at radius 1 is 0.682 bits per heavy atom. The van der Waals surface area contributed by atoms with Crippen LogP contribution in [-0.2, 0) is 35.5 Å². The number of carbonyl (C=O) groups is 2. The van der Waals surface area contributed by atoms with Crippen LogP contribution in [0.4, 0.5) is 9.59 Å². The molecule has 5 rings (SSSR count). The summed E-state index contributed by atoms with van der Waals surface area (Å²) >= 11 is 2.93. The smallest absolute Gasteiger partial charge is 0.407 e. The third kappa shape index (κ3) is 10.7. The second kappa shape index (κ2) is 16.9. The van der Waals surface area contributed by atoms with Gasteiger partial charge in [0, 0.05) is 63.7 Å². The summed E-state index contributed by atoms with van der Waals surface area (Å²) in [6.07, 6.45) is 4.01. The van der Waals surface area contributed by atoms with Crippen molar-refractivity contribution in [3.63, 3.8) is 0 Å². The zero-order chi connectivity index (χ0) is 30.4. The average molecular weight is 635 g/mol. The fourth-order valence-corrected chi connectivity index (χ4v) is 6.23. The van der Waals surface area contributed by atoms with E-state index in [2.05, 4.69) is 54.7 Å². The van der Waals surface area contributed by atoms with Gasteiger partial charge in [0.1, 0.15) is 13.2 Å². The second-order valence-electron chi connectivity index (χ2n) is 10.8. The maximum absolute atomic E-state index is 12.7. The Kier molecular flexibility index (Phi) is 12.1. The predicted octanol–water partition coefficient (Wildman–Crippen LogP) is 4.59. The van der Waals surface area contributed by atoms with Crippen molar-refractivity contribution in [2.24, 2.45) is 0 Å². The first-order valence-corrected chi connectivity index (χ1v) is 16.5. The summed E-state index contributed by atoms with van der Waals surface area (Å²) in [5, 5.41) is 6.19. The highest BCUT2D eigenvalue weighted by atomic mass is 32.1. The van der Waals surface area contributed by atoms with Gasteiger partial charge in [-0.1, -0.05) is 60.7 Å². The summed E-state index contributed by atoms with van der Waals surface area (Å²) in [5.74, 6) is 0. The van der Waals surface area contributed by atoms with Gasteiger partial charge in [-0.2, -0.15) is 0 Å². The summed E-state index contributed by atoms with van der Waals surface area (Å²) in [5.41, 5.74) is 5.78. The zero-order valence-electron chi connectivity index (χ0n) is 24.5. The Hall–Kier alpha value is -3.84. The maximum Gasteiger partial charge on any atom is 0.407 e. The van der Waals surface area contributed by atoms with Crippen molar-refractivity contribution in [3.8, 4) is 0 Å². The number of hydrogen-bond acceptors (Lipinski definition) is 10. The van der Waals surface area contributed by atoms with Crippen molar-refractivity contribution < 1.29 is 19.1 Å². The molecule has 10 nitrogen and oxygen atoms in total. The molecule has 44 heavy (non-hydrogen) atoms. The number of thiazole rings is 2. The second-order valence-corrected chi connectivity index (χ2v) is 12.7. The number of nitrogens with zero attached hydrogens (tertiary/aromatic N) is 4. The van der Waals surface area contributed by atoms with E-state index < -0.39 is 12.2 Å². The van der Waals surface area contributed by atoms with Crippen LogP contribution in [0.2, 0.25) is 0 Å². The number of amides is 2. The number of rotatable bonds is 14. The fraction of sp³-hybridized carbons (Fsp3) is 0.375. The maximum atomic E-state index is 12.7. The van der Waals surface area contributed by atoms with Crippen LogP contribution in [0.15, 0.2) is 84.1 Å². The van der Waals surface area contributed by atoms with Crippen LogP contribution in [-0.4, -0.2) is 83.3 Å². The Morgan fingerprint density at radius 2 is 1.09 bits per heavy atom. The van der Waals surface area contributed by atoms with Crippen molar-refractivity contribution in [2.75, 3.05) is 39.3 Å². The fourth-order valence-electron chi connectivity index (χ4n) is 5.21. The van der Waals surface area contributed by atoms with E-state index in [-0.39, 0.29) is 25.3 Å². The molecule has 0 bridgehead atoms. The number of nitrogens with one attached hydrogen (secondary N) is 2. The monoisotopic (exact) mass is 634 g/mol. The Bertz CT molecular complexity index is 1280. The van der Waals surface area contributed by atoms with Crippen LogP contribution in [0.1, 0.15) is 20.9 Å². The minimum atomic E-state index is -0.421. The molecule has 1 aliphatic heterocycles. The molecule has 2 unspecified atom stereocenters. The number of alkyl carbamates (subject to hydrolysis) is 2. The minimum Gasteiger partial charge on any atom is -0.444 e. The molecule has 2 N–H and O–H groups in total. The molecule has 2 amide bonds. The molecule has 2 atom stereocenters. The van der Waals surface area contributed by atoms with E-state index in [0.717, 1.165) is 47.1 Å². The SMILES string of the molecule is O=C(NC(Cc1ccccc1)CN1CCN(CC(Cc2ccccc2)NC(=O)OCc2cncs2)CC1)OCc1cncs1. The van der Waals surface area contributed by atoms with Gasteiger partial charge in [-0.05, 0) is 24.0 Å². The first-order chi connectivity index (χ1) is 21.6. The molecule has 1 aliphatic rings. The Balaban J connectivity index is 1.13. The molecule has 2 aromatic heterocycles. The largest absolute Gasteiger partial charge is 0.444 e. The Labute approximate surface area is 266 Å². The molecule has 3 heterocycles. The van der Waals surface area contributed by atoms with Crippen LogP contribution in [0.3, 0.4) is 0 Å². The number of aromatic nitrogens is 2. The van der Waals surface area contributed by atoms with E-state index >= 15 is 0 Å².